The van der Waals surface area contributed by atoms with Crippen molar-refractivity contribution in [2.24, 2.45) is 0 Å². The maximum Gasteiger partial charge on any atom is 0.160 e. The van der Waals surface area contributed by atoms with E-state index in [0.29, 0.717) is 6.61 Å². The Morgan fingerprint density at radius 1 is 1.16 bits per heavy atom. The van der Waals surface area contributed by atoms with Gasteiger partial charge in [0.25, 0.3) is 0 Å². The third kappa shape index (κ3) is 2.38. The van der Waals surface area contributed by atoms with E-state index in [1.54, 1.807) is 0 Å². The zero-order chi connectivity index (χ0) is 13.1. The van der Waals surface area contributed by atoms with E-state index in [0.717, 1.165) is 28.2 Å². The number of aromatic nitrogens is 2. The van der Waals surface area contributed by atoms with Gasteiger partial charge in [0.05, 0.1) is 12.1 Å². The minimum atomic E-state index is 0.658. The Kier molecular flexibility index (Phi) is 3.06. The third-order valence-electron chi connectivity index (χ3n) is 2.88. The van der Waals surface area contributed by atoms with Gasteiger partial charge in [0.1, 0.15) is 5.75 Å². The van der Waals surface area contributed by atoms with Gasteiger partial charge >= 0.3 is 0 Å². The molecule has 3 aromatic rings. The van der Waals surface area contributed by atoms with E-state index in [-0.39, 0.29) is 0 Å². The Morgan fingerprint density at radius 2 is 2.00 bits per heavy atom. The van der Waals surface area contributed by atoms with Gasteiger partial charge in [-0.2, -0.15) is 5.10 Å². The highest BCUT2D eigenvalue weighted by atomic mass is 16.5. The first-order valence-corrected chi connectivity index (χ1v) is 6.30. The summed E-state index contributed by atoms with van der Waals surface area (Å²) in [6, 6.07) is 15.9. The molecule has 2 aromatic carbocycles. The summed E-state index contributed by atoms with van der Waals surface area (Å²) in [4.78, 5) is 0. The summed E-state index contributed by atoms with van der Waals surface area (Å²) in [6.07, 6.45) is 0. The zero-order valence-electron chi connectivity index (χ0n) is 10.7. The summed E-state index contributed by atoms with van der Waals surface area (Å²) >= 11 is 0. The van der Waals surface area contributed by atoms with Crippen molar-refractivity contribution in [3.05, 3.63) is 48.5 Å². The molecule has 96 valence electrons. The van der Waals surface area contributed by atoms with E-state index in [4.69, 9.17) is 4.74 Å². The van der Waals surface area contributed by atoms with Crippen molar-refractivity contribution < 1.29 is 4.74 Å². The number of fused-ring (bicyclic) bond motifs is 1. The molecule has 0 aliphatic carbocycles. The van der Waals surface area contributed by atoms with Gasteiger partial charge in [0.2, 0.25) is 0 Å². The second-order valence-corrected chi connectivity index (χ2v) is 4.20. The summed E-state index contributed by atoms with van der Waals surface area (Å²) in [7, 11) is 0. The first kappa shape index (κ1) is 11.6. The third-order valence-corrected chi connectivity index (χ3v) is 2.88. The Hall–Kier alpha value is -2.49. The SMILES string of the molecule is CCOc1ccc2[nH]nc(Nc3ccccc3)c2c1. The number of hydrogen-bond acceptors (Lipinski definition) is 3. The average Bonchev–Trinajstić information content (AvgIpc) is 2.83. The zero-order valence-corrected chi connectivity index (χ0v) is 10.7. The first-order valence-electron chi connectivity index (χ1n) is 6.30. The number of nitrogens with one attached hydrogen (secondary N) is 2. The largest absolute Gasteiger partial charge is 0.494 e. The number of rotatable bonds is 4. The van der Waals surface area contributed by atoms with E-state index in [1.165, 1.54) is 0 Å². The molecule has 4 nitrogen and oxygen atoms in total. The van der Waals surface area contributed by atoms with Gasteiger partial charge in [-0.05, 0) is 37.3 Å². The standard InChI is InChI=1S/C15H15N3O/c1-2-19-12-8-9-14-13(10-12)15(18-17-14)16-11-6-4-3-5-7-11/h3-10H,2H2,1H3,(H2,16,17,18). The van der Waals surface area contributed by atoms with Crippen LogP contribution in [0.25, 0.3) is 10.9 Å². The lowest BCUT2D eigenvalue weighted by Gasteiger charge is -2.05. The monoisotopic (exact) mass is 253 g/mol. The number of anilines is 2. The van der Waals surface area contributed by atoms with Crippen molar-refractivity contribution in [1.29, 1.82) is 0 Å². The molecule has 0 atom stereocenters. The number of ether oxygens (including phenoxy) is 1. The van der Waals surface area contributed by atoms with E-state index >= 15 is 0 Å². The molecule has 3 rings (SSSR count). The summed E-state index contributed by atoms with van der Waals surface area (Å²) in [5.41, 5.74) is 2.00. The van der Waals surface area contributed by atoms with Gasteiger partial charge in [-0.1, -0.05) is 18.2 Å². The van der Waals surface area contributed by atoms with Crippen LogP contribution in [0, 0.1) is 0 Å². The summed E-state index contributed by atoms with van der Waals surface area (Å²) in [5.74, 6) is 1.66. The molecular formula is C15H15N3O. The van der Waals surface area contributed by atoms with Crippen LogP contribution >= 0.6 is 0 Å². The smallest absolute Gasteiger partial charge is 0.160 e. The van der Waals surface area contributed by atoms with Crippen molar-refractivity contribution in [2.75, 3.05) is 11.9 Å². The van der Waals surface area contributed by atoms with Gasteiger partial charge in [-0.3, -0.25) is 5.10 Å². The molecule has 1 aromatic heterocycles. The molecule has 0 saturated heterocycles. The van der Waals surface area contributed by atoms with Crippen LogP contribution in [0.3, 0.4) is 0 Å². The number of hydrogen-bond donors (Lipinski definition) is 2. The minimum Gasteiger partial charge on any atom is -0.494 e. The summed E-state index contributed by atoms with van der Waals surface area (Å²) in [6.45, 7) is 2.63. The van der Waals surface area contributed by atoms with E-state index in [1.807, 2.05) is 55.5 Å². The predicted octanol–water partition coefficient (Wildman–Crippen LogP) is 3.71. The minimum absolute atomic E-state index is 0.658. The van der Waals surface area contributed by atoms with Crippen molar-refractivity contribution in [3.63, 3.8) is 0 Å². The molecule has 19 heavy (non-hydrogen) atoms. The highest BCUT2D eigenvalue weighted by Gasteiger charge is 2.07. The number of aromatic amines is 1. The van der Waals surface area contributed by atoms with Crippen molar-refractivity contribution in [2.45, 2.75) is 6.92 Å². The maximum absolute atomic E-state index is 5.52. The quantitative estimate of drug-likeness (QED) is 0.745. The molecule has 0 amide bonds. The van der Waals surface area contributed by atoms with Gasteiger partial charge in [-0.15, -0.1) is 0 Å². The van der Waals surface area contributed by atoms with E-state index in [2.05, 4.69) is 15.5 Å². The van der Waals surface area contributed by atoms with Gasteiger partial charge in [0.15, 0.2) is 5.82 Å². The van der Waals surface area contributed by atoms with Crippen LogP contribution in [0.5, 0.6) is 5.75 Å². The first-order chi connectivity index (χ1) is 9.36. The summed E-state index contributed by atoms with van der Waals surface area (Å²) < 4.78 is 5.52. The van der Waals surface area contributed by atoms with Crippen LogP contribution in [0.2, 0.25) is 0 Å². The molecule has 4 heteroatoms. The normalized spacial score (nSPS) is 10.6. The number of nitrogens with zero attached hydrogens (tertiary/aromatic N) is 1. The highest BCUT2D eigenvalue weighted by Crippen LogP contribution is 2.27. The second kappa shape index (κ2) is 5.02. The lowest BCUT2D eigenvalue weighted by Crippen LogP contribution is -1.92. The lowest BCUT2D eigenvalue weighted by atomic mass is 10.2. The molecular weight excluding hydrogens is 238 g/mol. The molecule has 0 saturated carbocycles. The summed E-state index contributed by atoms with van der Waals surface area (Å²) in [5, 5.41) is 11.6. The van der Waals surface area contributed by atoms with Crippen molar-refractivity contribution in [3.8, 4) is 5.75 Å². The Balaban J connectivity index is 1.97. The number of para-hydroxylation sites is 1. The van der Waals surface area contributed by atoms with Gasteiger partial charge in [-0.25, -0.2) is 0 Å². The predicted molar refractivity (Wildman–Crippen MR) is 77.0 cm³/mol. The fourth-order valence-corrected chi connectivity index (χ4v) is 2.00. The van der Waals surface area contributed by atoms with E-state index in [9.17, 15) is 0 Å². The molecule has 2 N–H and O–H groups in total. The van der Waals surface area contributed by atoms with Crippen molar-refractivity contribution >= 4 is 22.4 Å². The molecule has 0 radical (unpaired) electrons. The van der Waals surface area contributed by atoms with Crippen molar-refractivity contribution in [1.82, 2.24) is 10.2 Å². The Bertz CT molecular complexity index is 676. The van der Waals surface area contributed by atoms with Gasteiger partial charge < -0.3 is 10.1 Å². The molecule has 1 heterocycles. The van der Waals surface area contributed by atoms with Crippen LogP contribution in [-0.2, 0) is 0 Å². The molecule has 0 spiro atoms. The van der Waals surface area contributed by atoms with E-state index < -0.39 is 0 Å². The van der Waals surface area contributed by atoms with Crippen LogP contribution in [0.4, 0.5) is 11.5 Å². The van der Waals surface area contributed by atoms with Crippen LogP contribution in [0.1, 0.15) is 6.92 Å². The Morgan fingerprint density at radius 3 is 2.79 bits per heavy atom. The molecule has 0 unspecified atom stereocenters. The van der Waals surface area contributed by atoms with Crippen LogP contribution < -0.4 is 10.1 Å². The van der Waals surface area contributed by atoms with Crippen LogP contribution in [-0.4, -0.2) is 16.8 Å². The fourth-order valence-electron chi connectivity index (χ4n) is 2.00. The Labute approximate surface area is 111 Å². The topological polar surface area (TPSA) is 49.9 Å². The second-order valence-electron chi connectivity index (χ2n) is 4.20. The number of H-pyrrole nitrogens is 1. The highest BCUT2D eigenvalue weighted by molar-refractivity contribution is 5.92. The molecule has 0 aliphatic rings. The molecule has 0 fully saturated rings. The number of benzene rings is 2. The molecule has 0 bridgehead atoms. The lowest BCUT2D eigenvalue weighted by molar-refractivity contribution is 0.341. The maximum atomic E-state index is 5.52. The van der Waals surface area contributed by atoms with Crippen LogP contribution in [0.15, 0.2) is 48.5 Å². The fraction of sp³-hybridized carbons (Fsp3) is 0.133. The van der Waals surface area contributed by atoms with Gasteiger partial charge in [0, 0.05) is 11.1 Å². The molecule has 0 aliphatic heterocycles. The average molecular weight is 253 g/mol.